The summed E-state index contributed by atoms with van der Waals surface area (Å²) in [7, 11) is 0. The van der Waals surface area contributed by atoms with E-state index in [2.05, 4.69) is 26.2 Å². The zero-order valence-corrected chi connectivity index (χ0v) is 12.5. The molecule has 1 atom stereocenters. The molecular weight excluding hydrogens is 345 g/mol. The van der Waals surface area contributed by atoms with Gasteiger partial charge in [-0.05, 0) is 39.5 Å². The second-order valence-corrected chi connectivity index (χ2v) is 5.94. The summed E-state index contributed by atoms with van der Waals surface area (Å²) in [5.41, 5.74) is 1.73. The molecule has 1 unspecified atom stereocenters. The molecule has 3 rings (SSSR count). The van der Waals surface area contributed by atoms with Gasteiger partial charge in [0, 0.05) is 23.1 Å². The van der Waals surface area contributed by atoms with Crippen molar-refractivity contribution in [3.63, 3.8) is 0 Å². The molecule has 0 fully saturated rings. The number of nitrogens with one attached hydrogen (secondary N) is 1. The average Bonchev–Trinajstić information content (AvgIpc) is 2.40. The number of hydrogen-bond donors (Lipinski definition) is 1. The van der Waals surface area contributed by atoms with E-state index in [4.69, 9.17) is 0 Å². The summed E-state index contributed by atoms with van der Waals surface area (Å²) in [5.74, 6) is 0.128. The minimum Gasteiger partial charge on any atom is -0.369 e. The fourth-order valence-corrected chi connectivity index (χ4v) is 2.89. The van der Waals surface area contributed by atoms with E-state index in [0.29, 0.717) is 11.0 Å². The van der Waals surface area contributed by atoms with Crippen molar-refractivity contribution >= 4 is 21.7 Å². The summed E-state index contributed by atoms with van der Waals surface area (Å²) in [4.78, 5) is 3.85. The molecule has 0 saturated carbocycles. The number of alkyl halides is 3. The van der Waals surface area contributed by atoms with Crippen molar-refractivity contribution in [2.45, 2.75) is 18.5 Å². The summed E-state index contributed by atoms with van der Waals surface area (Å²) >= 11 is 3.02. The maximum Gasteiger partial charge on any atom is 0.419 e. The first kappa shape index (κ1) is 14.4. The van der Waals surface area contributed by atoms with Crippen LogP contribution in [0.25, 0.3) is 0 Å². The molecule has 1 aromatic carbocycles. The van der Waals surface area contributed by atoms with Gasteiger partial charge in [0.05, 0.1) is 5.56 Å². The second-order valence-electron chi connectivity index (χ2n) is 5.03. The minimum absolute atomic E-state index is 0.116. The van der Waals surface area contributed by atoms with Crippen LogP contribution in [-0.4, -0.2) is 11.5 Å². The molecule has 0 bridgehead atoms. The molecule has 0 amide bonds. The highest BCUT2D eigenvalue weighted by Crippen LogP contribution is 2.37. The average molecular weight is 357 g/mol. The van der Waals surface area contributed by atoms with E-state index in [0.717, 1.165) is 12.5 Å². The minimum atomic E-state index is -4.42. The lowest BCUT2D eigenvalue weighted by Gasteiger charge is -2.30. The van der Waals surface area contributed by atoms with Gasteiger partial charge in [-0.15, -0.1) is 0 Å². The summed E-state index contributed by atoms with van der Waals surface area (Å²) in [6.07, 6.45) is -2.16. The maximum atomic E-state index is 13.0. The van der Waals surface area contributed by atoms with Gasteiger partial charge < -0.3 is 5.32 Å². The first-order valence-electron chi connectivity index (χ1n) is 6.49. The summed E-state index contributed by atoms with van der Waals surface area (Å²) < 4.78 is 39.3. The fraction of sp³-hybridized carbons (Fsp3) is 0.267. The van der Waals surface area contributed by atoms with E-state index in [-0.39, 0.29) is 11.7 Å². The smallest absolute Gasteiger partial charge is 0.369 e. The number of aromatic nitrogens is 1. The monoisotopic (exact) mass is 356 g/mol. The van der Waals surface area contributed by atoms with Crippen molar-refractivity contribution in [1.29, 1.82) is 0 Å². The molecule has 0 spiro atoms. The first-order valence-corrected chi connectivity index (χ1v) is 7.29. The van der Waals surface area contributed by atoms with Crippen molar-refractivity contribution in [2.24, 2.45) is 0 Å². The number of halogens is 4. The number of benzene rings is 1. The van der Waals surface area contributed by atoms with Crippen molar-refractivity contribution < 1.29 is 13.2 Å². The largest absolute Gasteiger partial charge is 0.419 e. The van der Waals surface area contributed by atoms with Gasteiger partial charge in [0.25, 0.3) is 0 Å². The molecule has 1 heterocycles. The van der Waals surface area contributed by atoms with E-state index in [1.165, 1.54) is 17.3 Å². The van der Waals surface area contributed by atoms with Gasteiger partial charge in [-0.2, -0.15) is 13.2 Å². The normalized spacial score (nSPS) is 17.0. The molecule has 6 heteroatoms. The molecule has 0 saturated heterocycles. The zero-order chi connectivity index (χ0) is 15.0. The molecule has 1 aromatic heterocycles. The molecule has 2 aromatic rings. The van der Waals surface area contributed by atoms with Crippen molar-refractivity contribution in [1.82, 2.24) is 4.98 Å². The van der Waals surface area contributed by atoms with Crippen LogP contribution in [-0.2, 0) is 12.6 Å². The zero-order valence-electron chi connectivity index (χ0n) is 10.9. The Hall–Kier alpha value is -1.56. The number of hydrogen-bond acceptors (Lipinski definition) is 2. The molecule has 0 aliphatic heterocycles. The molecule has 21 heavy (non-hydrogen) atoms. The number of anilines is 1. The van der Waals surface area contributed by atoms with Crippen LogP contribution in [0.3, 0.4) is 0 Å². The van der Waals surface area contributed by atoms with Crippen LogP contribution in [0.2, 0.25) is 0 Å². The number of pyridine rings is 1. The van der Waals surface area contributed by atoms with Gasteiger partial charge in [0.2, 0.25) is 0 Å². The Morgan fingerprint density at radius 2 is 2.05 bits per heavy atom. The molecule has 0 radical (unpaired) electrons. The molecular formula is C15H12BrF3N2. The first-order chi connectivity index (χ1) is 9.95. The second kappa shape index (κ2) is 5.33. The van der Waals surface area contributed by atoms with Crippen molar-refractivity contribution in [3.8, 4) is 0 Å². The van der Waals surface area contributed by atoms with Crippen LogP contribution in [0.15, 0.2) is 41.0 Å². The van der Waals surface area contributed by atoms with Gasteiger partial charge >= 0.3 is 6.18 Å². The summed E-state index contributed by atoms with van der Waals surface area (Å²) in [6.45, 7) is 0.453. The Bertz CT molecular complexity index is 670. The standard InChI is InChI=1S/C15H12BrF3N2/c16-11-6-13(15(17,18)19)14(21-8-11)20-7-10-5-9-3-1-2-4-12(9)10/h1-4,6,8,10H,5,7H2,(H,20,21). The predicted molar refractivity (Wildman–Crippen MR) is 78.3 cm³/mol. The number of fused-ring (bicyclic) bond motifs is 1. The molecule has 110 valence electrons. The third kappa shape index (κ3) is 2.90. The van der Waals surface area contributed by atoms with E-state index >= 15 is 0 Å². The van der Waals surface area contributed by atoms with Crippen LogP contribution in [0.4, 0.5) is 19.0 Å². The molecule has 1 aliphatic carbocycles. The topological polar surface area (TPSA) is 24.9 Å². The van der Waals surface area contributed by atoms with Gasteiger partial charge in [-0.1, -0.05) is 24.3 Å². The Balaban J connectivity index is 1.75. The Morgan fingerprint density at radius 3 is 2.76 bits per heavy atom. The number of nitrogens with zero attached hydrogens (tertiary/aromatic N) is 1. The van der Waals surface area contributed by atoms with Crippen LogP contribution >= 0.6 is 15.9 Å². The van der Waals surface area contributed by atoms with Crippen molar-refractivity contribution in [2.75, 3.05) is 11.9 Å². The quantitative estimate of drug-likeness (QED) is 0.868. The Kier molecular flexibility index (Phi) is 3.65. The van der Waals surface area contributed by atoms with Crippen molar-refractivity contribution in [3.05, 3.63) is 57.7 Å². The Labute approximate surface area is 128 Å². The third-order valence-corrected chi connectivity index (χ3v) is 4.07. The van der Waals surface area contributed by atoms with Gasteiger partial charge in [-0.25, -0.2) is 4.98 Å². The van der Waals surface area contributed by atoms with E-state index in [1.807, 2.05) is 24.3 Å². The highest BCUT2D eigenvalue weighted by Gasteiger charge is 2.35. The number of rotatable bonds is 3. The van der Waals surface area contributed by atoms with Gasteiger partial charge in [-0.3, -0.25) is 0 Å². The van der Waals surface area contributed by atoms with Crippen LogP contribution < -0.4 is 5.32 Å². The SMILES string of the molecule is FC(F)(F)c1cc(Br)cnc1NCC1Cc2ccccc21. The van der Waals surface area contributed by atoms with E-state index in [9.17, 15) is 13.2 Å². The van der Waals surface area contributed by atoms with E-state index in [1.54, 1.807) is 0 Å². The lowest BCUT2D eigenvalue weighted by atomic mass is 9.77. The highest BCUT2D eigenvalue weighted by atomic mass is 79.9. The molecule has 2 nitrogen and oxygen atoms in total. The van der Waals surface area contributed by atoms with Gasteiger partial charge in [0.1, 0.15) is 5.82 Å². The van der Waals surface area contributed by atoms with E-state index < -0.39 is 11.7 Å². The lowest BCUT2D eigenvalue weighted by molar-refractivity contribution is -0.137. The highest BCUT2D eigenvalue weighted by molar-refractivity contribution is 9.10. The summed E-state index contributed by atoms with van der Waals surface area (Å²) in [5, 5.41) is 2.84. The van der Waals surface area contributed by atoms with Crippen LogP contribution in [0, 0.1) is 0 Å². The molecule has 1 aliphatic rings. The Morgan fingerprint density at radius 1 is 1.29 bits per heavy atom. The lowest BCUT2D eigenvalue weighted by Crippen LogP contribution is -2.25. The van der Waals surface area contributed by atoms with Crippen LogP contribution in [0.1, 0.15) is 22.6 Å². The van der Waals surface area contributed by atoms with Crippen LogP contribution in [0.5, 0.6) is 0 Å². The third-order valence-electron chi connectivity index (χ3n) is 3.64. The fourth-order valence-electron chi connectivity index (χ4n) is 2.56. The predicted octanol–water partition coefficient (Wildman–Crippen LogP) is 4.61. The summed E-state index contributed by atoms with van der Waals surface area (Å²) in [6, 6.07) is 9.03. The van der Waals surface area contributed by atoms with Gasteiger partial charge in [0.15, 0.2) is 0 Å². The molecule has 1 N–H and O–H groups in total. The maximum absolute atomic E-state index is 13.0.